The third kappa shape index (κ3) is 11.2. The number of carbonyl (C=O) groups excluding carboxylic acids is 2. The lowest BCUT2D eigenvalue weighted by Gasteiger charge is -2.06. The van der Waals surface area contributed by atoms with Crippen LogP contribution in [0.2, 0.25) is 0 Å². The van der Waals surface area contributed by atoms with Gasteiger partial charge >= 0.3 is 0 Å². The van der Waals surface area contributed by atoms with Crippen LogP contribution in [0.25, 0.3) is 0 Å². The van der Waals surface area contributed by atoms with E-state index in [1.807, 2.05) is 13.8 Å². The van der Waals surface area contributed by atoms with Crippen LogP contribution in [0.4, 0.5) is 0 Å². The minimum Gasteiger partial charge on any atom is -0.380 e. The number of hydrogen-bond acceptors (Lipinski definition) is 3. The molecule has 0 aliphatic rings. The van der Waals surface area contributed by atoms with Crippen LogP contribution in [-0.4, -0.2) is 38.1 Å². The predicted octanol–water partition coefficient (Wildman–Crippen LogP) is 0.836. The maximum absolute atomic E-state index is 11.3. The van der Waals surface area contributed by atoms with E-state index in [0.29, 0.717) is 45.6 Å². The van der Waals surface area contributed by atoms with E-state index in [4.69, 9.17) is 4.74 Å². The fraction of sp³-hybridized carbons (Fsp3) is 0.833. The normalized spacial score (nSPS) is 10.0. The molecular formula is C12H24N2O3. The van der Waals surface area contributed by atoms with Crippen LogP contribution in [0.15, 0.2) is 0 Å². The van der Waals surface area contributed by atoms with E-state index in [1.165, 1.54) is 0 Å². The molecule has 5 heteroatoms. The van der Waals surface area contributed by atoms with E-state index < -0.39 is 0 Å². The zero-order chi connectivity index (χ0) is 12.9. The van der Waals surface area contributed by atoms with Gasteiger partial charge in [-0.15, -0.1) is 0 Å². The van der Waals surface area contributed by atoms with Crippen molar-refractivity contribution in [1.29, 1.82) is 0 Å². The number of ether oxygens (including phenoxy) is 1. The Hall–Kier alpha value is -1.10. The molecule has 0 rings (SSSR count). The van der Waals surface area contributed by atoms with Gasteiger partial charge in [-0.05, 0) is 19.8 Å². The number of carbonyl (C=O) groups is 2. The molecule has 0 saturated heterocycles. The Morgan fingerprint density at radius 1 is 1.00 bits per heavy atom. The van der Waals surface area contributed by atoms with Crippen molar-refractivity contribution >= 4 is 11.8 Å². The molecule has 0 atom stereocenters. The summed E-state index contributed by atoms with van der Waals surface area (Å²) < 4.78 is 5.10. The predicted molar refractivity (Wildman–Crippen MR) is 66.7 cm³/mol. The van der Waals surface area contributed by atoms with Crippen LogP contribution in [0.1, 0.15) is 39.5 Å². The van der Waals surface area contributed by atoms with Crippen LogP contribution in [-0.2, 0) is 14.3 Å². The SMILES string of the molecule is CCCC(=O)NCCCC(=O)NCCOCC. The van der Waals surface area contributed by atoms with Crippen molar-refractivity contribution in [3.05, 3.63) is 0 Å². The van der Waals surface area contributed by atoms with Crippen LogP contribution in [0.3, 0.4) is 0 Å². The van der Waals surface area contributed by atoms with E-state index in [-0.39, 0.29) is 11.8 Å². The van der Waals surface area contributed by atoms with Crippen LogP contribution in [0, 0.1) is 0 Å². The van der Waals surface area contributed by atoms with Crippen LogP contribution >= 0.6 is 0 Å². The van der Waals surface area contributed by atoms with Gasteiger partial charge in [-0.25, -0.2) is 0 Å². The summed E-state index contributed by atoms with van der Waals surface area (Å²) in [5.74, 6) is 0.0682. The largest absolute Gasteiger partial charge is 0.380 e. The maximum atomic E-state index is 11.3. The Morgan fingerprint density at radius 3 is 2.29 bits per heavy atom. The molecule has 100 valence electrons. The van der Waals surface area contributed by atoms with Gasteiger partial charge in [0.2, 0.25) is 11.8 Å². The molecule has 5 nitrogen and oxygen atoms in total. The summed E-state index contributed by atoms with van der Waals surface area (Å²) in [6.45, 7) is 6.22. The first-order chi connectivity index (χ1) is 8.20. The van der Waals surface area contributed by atoms with E-state index in [9.17, 15) is 9.59 Å². The van der Waals surface area contributed by atoms with Gasteiger partial charge in [-0.3, -0.25) is 9.59 Å². The molecule has 2 N–H and O–H groups in total. The summed E-state index contributed by atoms with van der Waals surface area (Å²) in [5.41, 5.74) is 0. The fourth-order valence-electron chi connectivity index (χ4n) is 1.29. The number of amides is 2. The van der Waals surface area contributed by atoms with Crippen LogP contribution < -0.4 is 10.6 Å². The lowest BCUT2D eigenvalue weighted by atomic mass is 10.2. The summed E-state index contributed by atoms with van der Waals surface area (Å²) in [6, 6.07) is 0. The number of rotatable bonds is 10. The number of nitrogens with one attached hydrogen (secondary N) is 2. The molecule has 0 saturated carbocycles. The van der Waals surface area contributed by atoms with Gasteiger partial charge in [0.1, 0.15) is 0 Å². The molecule has 0 heterocycles. The maximum Gasteiger partial charge on any atom is 0.220 e. The lowest BCUT2D eigenvalue weighted by molar-refractivity contribution is -0.123. The van der Waals surface area contributed by atoms with E-state index in [1.54, 1.807) is 0 Å². The molecule has 0 fully saturated rings. The first-order valence-corrected chi connectivity index (χ1v) is 6.31. The highest BCUT2D eigenvalue weighted by Crippen LogP contribution is 1.89. The van der Waals surface area contributed by atoms with Crippen LogP contribution in [0.5, 0.6) is 0 Å². The Labute approximate surface area is 103 Å². The van der Waals surface area contributed by atoms with Gasteiger partial charge in [0.25, 0.3) is 0 Å². The van der Waals surface area contributed by atoms with Gasteiger partial charge in [-0.1, -0.05) is 6.92 Å². The molecule has 0 radical (unpaired) electrons. The second-order valence-corrected chi connectivity index (χ2v) is 3.75. The van der Waals surface area contributed by atoms with E-state index in [2.05, 4.69) is 10.6 Å². The molecule has 0 bridgehead atoms. The zero-order valence-corrected chi connectivity index (χ0v) is 10.9. The summed E-state index contributed by atoms with van der Waals surface area (Å²) in [4.78, 5) is 22.4. The van der Waals surface area contributed by atoms with Gasteiger partial charge < -0.3 is 15.4 Å². The molecule has 0 aliphatic heterocycles. The van der Waals surface area contributed by atoms with Crippen molar-refractivity contribution in [3.8, 4) is 0 Å². The summed E-state index contributed by atoms with van der Waals surface area (Å²) in [6.07, 6.45) is 2.53. The second-order valence-electron chi connectivity index (χ2n) is 3.75. The molecule has 0 aliphatic carbocycles. The minimum absolute atomic E-state index is 0.00874. The quantitative estimate of drug-likeness (QED) is 0.559. The third-order valence-corrected chi connectivity index (χ3v) is 2.15. The minimum atomic E-state index is 0.00874. The van der Waals surface area contributed by atoms with Gasteiger partial charge in [0.05, 0.1) is 6.61 Å². The Bertz CT molecular complexity index is 220. The first-order valence-electron chi connectivity index (χ1n) is 6.31. The summed E-state index contributed by atoms with van der Waals surface area (Å²) in [5, 5.41) is 5.53. The lowest BCUT2D eigenvalue weighted by Crippen LogP contribution is -2.29. The second kappa shape index (κ2) is 11.4. The molecule has 17 heavy (non-hydrogen) atoms. The topological polar surface area (TPSA) is 67.4 Å². The molecular weight excluding hydrogens is 220 g/mol. The van der Waals surface area contributed by atoms with Gasteiger partial charge in [0, 0.05) is 32.5 Å². The summed E-state index contributed by atoms with van der Waals surface area (Å²) >= 11 is 0. The zero-order valence-electron chi connectivity index (χ0n) is 10.9. The monoisotopic (exact) mass is 244 g/mol. The van der Waals surface area contributed by atoms with Crippen molar-refractivity contribution in [2.45, 2.75) is 39.5 Å². The van der Waals surface area contributed by atoms with Gasteiger partial charge in [0.15, 0.2) is 0 Å². The van der Waals surface area contributed by atoms with Gasteiger partial charge in [-0.2, -0.15) is 0 Å². The first kappa shape index (κ1) is 15.9. The van der Waals surface area contributed by atoms with Crippen molar-refractivity contribution in [1.82, 2.24) is 10.6 Å². The van der Waals surface area contributed by atoms with Crippen molar-refractivity contribution in [3.63, 3.8) is 0 Å². The molecule has 2 amide bonds. The van der Waals surface area contributed by atoms with Crippen molar-refractivity contribution in [2.24, 2.45) is 0 Å². The third-order valence-electron chi connectivity index (χ3n) is 2.15. The smallest absolute Gasteiger partial charge is 0.220 e. The highest BCUT2D eigenvalue weighted by molar-refractivity contribution is 5.77. The molecule has 0 aromatic carbocycles. The highest BCUT2D eigenvalue weighted by atomic mass is 16.5. The fourth-order valence-corrected chi connectivity index (χ4v) is 1.29. The van der Waals surface area contributed by atoms with Crippen molar-refractivity contribution < 1.29 is 14.3 Å². The average molecular weight is 244 g/mol. The molecule has 0 unspecified atom stereocenters. The average Bonchev–Trinajstić information content (AvgIpc) is 2.31. The van der Waals surface area contributed by atoms with E-state index >= 15 is 0 Å². The molecule has 0 aromatic heterocycles. The number of hydrogen-bond donors (Lipinski definition) is 2. The van der Waals surface area contributed by atoms with Crippen molar-refractivity contribution in [2.75, 3.05) is 26.3 Å². The Balaban J connectivity index is 3.30. The standard InChI is InChI=1S/C12H24N2O3/c1-3-6-11(15)13-8-5-7-12(16)14-9-10-17-4-2/h3-10H2,1-2H3,(H,13,15)(H,14,16). The Kier molecular flexibility index (Phi) is 10.7. The highest BCUT2D eigenvalue weighted by Gasteiger charge is 2.01. The molecule has 0 spiro atoms. The Morgan fingerprint density at radius 2 is 1.65 bits per heavy atom. The molecule has 0 aromatic rings. The van der Waals surface area contributed by atoms with E-state index in [0.717, 1.165) is 6.42 Å². The summed E-state index contributed by atoms with van der Waals surface area (Å²) in [7, 11) is 0.